The number of carbonyl (C=O) groups excluding carboxylic acids is 2. The zero-order valence-electron chi connectivity index (χ0n) is 20.4. The van der Waals surface area contributed by atoms with Crippen LogP contribution in [0.25, 0.3) is 0 Å². The maximum atomic E-state index is 11.7. The van der Waals surface area contributed by atoms with Gasteiger partial charge in [0.1, 0.15) is 0 Å². The number of alkyl carbamates (subject to hydrolysis) is 1. The Labute approximate surface area is 186 Å². The second-order valence-electron chi connectivity index (χ2n) is 9.63. The number of ether oxygens (including phenoxy) is 2. The lowest BCUT2D eigenvalue weighted by molar-refractivity contribution is -0.143. The van der Waals surface area contributed by atoms with Crippen LogP contribution >= 0.6 is 0 Å². The van der Waals surface area contributed by atoms with Gasteiger partial charge in [-0.1, -0.05) is 111 Å². The van der Waals surface area contributed by atoms with E-state index in [2.05, 4.69) is 12.2 Å². The molecule has 0 aliphatic rings. The Morgan fingerprint density at radius 1 is 0.700 bits per heavy atom. The highest BCUT2D eigenvalue weighted by atomic mass is 16.5. The van der Waals surface area contributed by atoms with Crippen molar-refractivity contribution in [3.63, 3.8) is 0 Å². The summed E-state index contributed by atoms with van der Waals surface area (Å²) in [6.45, 7) is 9.33. The third-order valence-corrected chi connectivity index (χ3v) is 5.00. The SMILES string of the molecule is CCCCCCCCCCCCCCCCOC(=O)CCNC(=O)OCC(C)(C)C. The van der Waals surface area contributed by atoms with E-state index in [1.54, 1.807) is 0 Å². The molecule has 0 aromatic carbocycles. The fraction of sp³-hybridized carbons (Fsp3) is 0.920. The van der Waals surface area contributed by atoms with Gasteiger partial charge in [0, 0.05) is 6.54 Å². The number of amides is 1. The Kier molecular flexibility index (Phi) is 18.9. The van der Waals surface area contributed by atoms with E-state index in [1.165, 1.54) is 77.0 Å². The standard InChI is InChI=1S/C25H49NO4/c1-5-6-7-8-9-10-11-12-13-14-15-16-17-18-21-29-23(27)19-20-26-24(28)30-22-25(2,3)4/h5-22H2,1-4H3,(H,26,28). The van der Waals surface area contributed by atoms with E-state index in [4.69, 9.17) is 9.47 Å². The van der Waals surface area contributed by atoms with Gasteiger partial charge in [0.25, 0.3) is 0 Å². The Balaban J connectivity index is 3.29. The minimum atomic E-state index is -0.482. The zero-order chi connectivity index (χ0) is 22.5. The van der Waals surface area contributed by atoms with Crippen LogP contribution in [0.4, 0.5) is 4.79 Å². The Morgan fingerprint density at radius 3 is 1.63 bits per heavy atom. The van der Waals surface area contributed by atoms with E-state index in [0.717, 1.165) is 12.8 Å². The van der Waals surface area contributed by atoms with Crippen LogP contribution in [0.3, 0.4) is 0 Å². The van der Waals surface area contributed by atoms with Crippen molar-refractivity contribution < 1.29 is 19.1 Å². The summed E-state index contributed by atoms with van der Waals surface area (Å²) in [4.78, 5) is 23.2. The highest BCUT2D eigenvalue weighted by molar-refractivity contribution is 5.71. The van der Waals surface area contributed by atoms with E-state index >= 15 is 0 Å². The van der Waals surface area contributed by atoms with Gasteiger partial charge >= 0.3 is 12.1 Å². The molecule has 0 rings (SSSR count). The van der Waals surface area contributed by atoms with Gasteiger partial charge < -0.3 is 14.8 Å². The van der Waals surface area contributed by atoms with Gasteiger partial charge in [0.2, 0.25) is 0 Å². The molecule has 1 amide bonds. The first-order chi connectivity index (χ1) is 14.3. The predicted molar refractivity (Wildman–Crippen MR) is 125 cm³/mol. The van der Waals surface area contributed by atoms with Crippen molar-refractivity contribution in [2.45, 2.75) is 124 Å². The highest BCUT2D eigenvalue weighted by Crippen LogP contribution is 2.13. The summed E-state index contributed by atoms with van der Waals surface area (Å²) in [5, 5.41) is 2.58. The average Bonchev–Trinajstić information content (AvgIpc) is 2.69. The third kappa shape index (κ3) is 23.0. The molecule has 5 heteroatoms. The molecule has 0 radical (unpaired) electrons. The normalized spacial score (nSPS) is 11.3. The van der Waals surface area contributed by atoms with Crippen molar-refractivity contribution in [3.8, 4) is 0 Å². The van der Waals surface area contributed by atoms with Crippen molar-refractivity contribution in [1.82, 2.24) is 5.32 Å². The molecule has 0 heterocycles. The lowest BCUT2D eigenvalue weighted by Gasteiger charge is -2.17. The summed E-state index contributed by atoms with van der Waals surface area (Å²) in [6, 6.07) is 0. The number of esters is 1. The molecule has 30 heavy (non-hydrogen) atoms. The van der Waals surface area contributed by atoms with E-state index in [-0.39, 0.29) is 24.3 Å². The van der Waals surface area contributed by atoms with Crippen LogP contribution in [0.15, 0.2) is 0 Å². The third-order valence-electron chi connectivity index (χ3n) is 5.00. The van der Waals surface area contributed by atoms with Crippen LogP contribution < -0.4 is 5.32 Å². The average molecular weight is 428 g/mol. The van der Waals surface area contributed by atoms with E-state index in [9.17, 15) is 9.59 Å². The molecular weight excluding hydrogens is 378 g/mol. The summed E-state index contributed by atoms with van der Waals surface area (Å²) in [6.07, 6.45) is 18.1. The predicted octanol–water partition coefficient (Wildman–Crippen LogP) is 7.17. The molecule has 0 spiro atoms. The molecule has 0 aliphatic heterocycles. The lowest BCUT2D eigenvalue weighted by Crippen LogP contribution is -2.30. The fourth-order valence-corrected chi connectivity index (χ4v) is 3.15. The summed E-state index contributed by atoms with van der Waals surface area (Å²) in [7, 11) is 0. The molecule has 1 N–H and O–H groups in total. The minimum absolute atomic E-state index is 0.0657. The molecule has 0 unspecified atom stereocenters. The minimum Gasteiger partial charge on any atom is -0.466 e. The monoisotopic (exact) mass is 427 g/mol. The topological polar surface area (TPSA) is 64.6 Å². The largest absolute Gasteiger partial charge is 0.466 e. The second-order valence-corrected chi connectivity index (χ2v) is 9.63. The maximum absolute atomic E-state index is 11.7. The number of nitrogens with one attached hydrogen (secondary N) is 1. The molecule has 0 aromatic heterocycles. The van der Waals surface area contributed by atoms with E-state index in [1.807, 2.05) is 20.8 Å². The maximum Gasteiger partial charge on any atom is 0.407 e. The molecule has 0 saturated carbocycles. The first kappa shape index (κ1) is 28.7. The van der Waals surface area contributed by atoms with Gasteiger partial charge in [-0.05, 0) is 11.8 Å². The fourth-order valence-electron chi connectivity index (χ4n) is 3.15. The van der Waals surface area contributed by atoms with Crippen LogP contribution in [0.5, 0.6) is 0 Å². The highest BCUT2D eigenvalue weighted by Gasteiger charge is 2.13. The number of hydrogen-bond acceptors (Lipinski definition) is 4. The van der Waals surface area contributed by atoms with Crippen LogP contribution in [0.1, 0.15) is 124 Å². The smallest absolute Gasteiger partial charge is 0.407 e. The van der Waals surface area contributed by atoms with Gasteiger partial charge in [-0.2, -0.15) is 0 Å². The van der Waals surface area contributed by atoms with Crippen LogP contribution in [-0.2, 0) is 14.3 Å². The summed E-state index contributed by atoms with van der Waals surface area (Å²) >= 11 is 0. The summed E-state index contributed by atoms with van der Waals surface area (Å²) in [5.41, 5.74) is -0.0657. The van der Waals surface area contributed by atoms with E-state index < -0.39 is 6.09 Å². The lowest BCUT2D eigenvalue weighted by atomic mass is 9.99. The van der Waals surface area contributed by atoms with Gasteiger partial charge in [-0.25, -0.2) is 4.79 Å². The van der Waals surface area contributed by atoms with Crippen molar-refractivity contribution in [3.05, 3.63) is 0 Å². The molecule has 5 nitrogen and oxygen atoms in total. The molecule has 0 aliphatic carbocycles. The Morgan fingerprint density at radius 2 is 1.17 bits per heavy atom. The zero-order valence-corrected chi connectivity index (χ0v) is 20.4. The number of rotatable bonds is 19. The number of carbonyl (C=O) groups is 2. The first-order valence-corrected chi connectivity index (χ1v) is 12.4. The molecular formula is C25H49NO4. The van der Waals surface area contributed by atoms with Crippen molar-refractivity contribution in [2.24, 2.45) is 5.41 Å². The van der Waals surface area contributed by atoms with Crippen molar-refractivity contribution in [1.29, 1.82) is 0 Å². The summed E-state index contributed by atoms with van der Waals surface area (Å²) in [5.74, 6) is -0.263. The van der Waals surface area contributed by atoms with Gasteiger partial charge in [-0.3, -0.25) is 4.79 Å². The number of unbranched alkanes of at least 4 members (excludes halogenated alkanes) is 13. The number of hydrogen-bond donors (Lipinski definition) is 1. The van der Waals surface area contributed by atoms with Gasteiger partial charge in [0.05, 0.1) is 19.6 Å². The quantitative estimate of drug-likeness (QED) is 0.175. The van der Waals surface area contributed by atoms with Crippen LogP contribution in [0.2, 0.25) is 0 Å². The van der Waals surface area contributed by atoms with Crippen LogP contribution in [0, 0.1) is 5.41 Å². The molecule has 0 saturated heterocycles. The Bertz CT molecular complexity index is 418. The van der Waals surface area contributed by atoms with Crippen molar-refractivity contribution >= 4 is 12.1 Å². The molecule has 0 aromatic rings. The molecule has 0 bridgehead atoms. The molecule has 0 atom stereocenters. The summed E-state index contributed by atoms with van der Waals surface area (Å²) < 4.78 is 10.3. The van der Waals surface area contributed by atoms with Crippen molar-refractivity contribution in [2.75, 3.05) is 19.8 Å². The Hall–Kier alpha value is -1.26. The van der Waals surface area contributed by atoms with E-state index in [0.29, 0.717) is 13.2 Å². The second kappa shape index (κ2) is 19.7. The first-order valence-electron chi connectivity index (χ1n) is 12.4. The molecule has 0 fully saturated rings. The van der Waals surface area contributed by atoms with Crippen LogP contribution in [-0.4, -0.2) is 31.8 Å². The molecule has 178 valence electrons. The van der Waals surface area contributed by atoms with Gasteiger partial charge in [0.15, 0.2) is 0 Å². The van der Waals surface area contributed by atoms with Gasteiger partial charge in [-0.15, -0.1) is 0 Å².